The SMILES string of the molecule is COc1ccc(-c2cc(F)c3cccnc3c2O)cc1. The Morgan fingerprint density at radius 1 is 1.15 bits per heavy atom. The molecule has 0 radical (unpaired) electrons. The van der Waals surface area contributed by atoms with E-state index < -0.39 is 5.82 Å². The van der Waals surface area contributed by atoms with E-state index in [1.54, 1.807) is 43.5 Å². The van der Waals surface area contributed by atoms with Crippen molar-refractivity contribution >= 4 is 10.9 Å². The summed E-state index contributed by atoms with van der Waals surface area (Å²) in [4.78, 5) is 4.05. The molecule has 0 amide bonds. The number of halogens is 1. The first-order valence-corrected chi connectivity index (χ1v) is 6.11. The van der Waals surface area contributed by atoms with E-state index in [1.165, 1.54) is 12.3 Å². The number of ether oxygens (including phenoxy) is 1. The first-order valence-electron chi connectivity index (χ1n) is 6.11. The molecule has 2 aromatic carbocycles. The third-order valence-corrected chi connectivity index (χ3v) is 3.22. The van der Waals surface area contributed by atoms with Crippen LogP contribution in [-0.4, -0.2) is 17.2 Å². The Kier molecular flexibility index (Phi) is 2.99. The van der Waals surface area contributed by atoms with Gasteiger partial charge in [0.15, 0.2) is 0 Å². The molecule has 3 rings (SSSR count). The molecule has 0 atom stereocenters. The zero-order chi connectivity index (χ0) is 14.1. The largest absolute Gasteiger partial charge is 0.505 e. The van der Waals surface area contributed by atoms with Gasteiger partial charge in [-0.05, 0) is 35.9 Å². The van der Waals surface area contributed by atoms with Crippen LogP contribution in [0.15, 0.2) is 48.7 Å². The molecule has 20 heavy (non-hydrogen) atoms. The van der Waals surface area contributed by atoms with Crippen LogP contribution in [0.2, 0.25) is 0 Å². The first-order chi connectivity index (χ1) is 9.70. The maximum atomic E-state index is 14.1. The number of hydrogen-bond acceptors (Lipinski definition) is 3. The van der Waals surface area contributed by atoms with Crippen LogP contribution in [0.3, 0.4) is 0 Å². The van der Waals surface area contributed by atoms with Crippen LogP contribution in [0.25, 0.3) is 22.0 Å². The molecule has 0 bridgehead atoms. The van der Waals surface area contributed by atoms with Crippen molar-refractivity contribution in [2.75, 3.05) is 7.11 Å². The summed E-state index contributed by atoms with van der Waals surface area (Å²) >= 11 is 0. The van der Waals surface area contributed by atoms with Gasteiger partial charge in [-0.2, -0.15) is 0 Å². The van der Waals surface area contributed by atoms with E-state index in [1.807, 2.05) is 0 Å². The summed E-state index contributed by atoms with van der Waals surface area (Å²) in [7, 11) is 1.58. The standard InChI is InChI=1S/C16H12FNO2/c1-20-11-6-4-10(5-7-11)13-9-14(17)12-3-2-8-18-15(12)16(13)19/h2-9,19H,1H3. The summed E-state index contributed by atoms with van der Waals surface area (Å²) in [5.74, 6) is 0.275. The number of methoxy groups -OCH3 is 1. The average molecular weight is 269 g/mol. The number of hydrogen-bond donors (Lipinski definition) is 1. The van der Waals surface area contributed by atoms with Crippen molar-refractivity contribution in [1.29, 1.82) is 0 Å². The quantitative estimate of drug-likeness (QED) is 0.770. The summed E-state index contributed by atoms with van der Waals surface area (Å²) in [6, 6.07) is 11.6. The van der Waals surface area contributed by atoms with Crippen molar-refractivity contribution in [2.24, 2.45) is 0 Å². The van der Waals surface area contributed by atoms with Crippen LogP contribution < -0.4 is 4.74 Å². The number of benzene rings is 2. The minimum atomic E-state index is -0.406. The second kappa shape index (κ2) is 4.81. The van der Waals surface area contributed by atoms with Crippen LogP contribution in [0.5, 0.6) is 11.5 Å². The molecule has 0 spiro atoms. The average Bonchev–Trinajstić information content (AvgIpc) is 2.51. The van der Waals surface area contributed by atoms with Crippen LogP contribution in [-0.2, 0) is 0 Å². The molecule has 1 heterocycles. The zero-order valence-electron chi connectivity index (χ0n) is 10.8. The Bertz CT molecular complexity index is 769. The molecule has 100 valence electrons. The van der Waals surface area contributed by atoms with E-state index in [4.69, 9.17) is 4.74 Å². The fraction of sp³-hybridized carbons (Fsp3) is 0.0625. The van der Waals surface area contributed by atoms with Gasteiger partial charge < -0.3 is 9.84 Å². The molecule has 3 aromatic rings. The Morgan fingerprint density at radius 2 is 1.90 bits per heavy atom. The van der Waals surface area contributed by atoms with Gasteiger partial charge in [0.1, 0.15) is 22.8 Å². The van der Waals surface area contributed by atoms with E-state index in [-0.39, 0.29) is 11.3 Å². The predicted molar refractivity (Wildman–Crippen MR) is 75.4 cm³/mol. The van der Waals surface area contributed by atoms with Gasteiger partial charge in [-0.15, -0.1) is 0 Å². The Morgan fingerprint density at radius 3 is 2.60 bits per heavy atom. The number of aromatic hydroxyl groups is 1. The van der Waals surface area contributed by atoms with E-state index >= 15 is 0 Å². The van der Waals surface area contributed by atoms with Gasteiger partial charge in [-0.3, -0.25) is 4.98 Å². The number of fused-ring (bicyclic) bond motifs is 1. The number of aromatic nitrogens is 1. The molecular formula is C16H12FNO2. The lowest BCUT2D eigenvalue weighted by Gasteiger charge is -2.09. The lowest BCUT2D eigenvalue weighted by atomic mass is 10.0. The molecule has 0 fully saturated rings. The van der Waals surface area contributed by atoms with Crippen LogP contribution in [0, 0.1) is 5.82 Å². The highest BCUT2D eigenvalue weighted by molar-refractivity contribution is 5.92. The van der Waals surface area contributed by atoms with Gasteiger partial charge in [-0.25, -0.2) is 4.39 Å². The van der Waals surface area contributed by atoms with Crippen LogP contribution in [0.4, 0.5) is 4.39 Å². The number of phenols is 1. The maximum absolute atomic E-state index is 14.1. The predicted octanol–water partition coefficient (Wildman–Crippen LogP) is 3.76. The molecule has 1 N–H and O–H groups in total. The zero-order valence-corrected chi connectivity index (χ0v) is 10.8. The summed E-state index contributed by atoms with van der Waals surface area (Å²) in [5.41, 5.74) is 1.38. The lowest BCUT2D eigenvalue weighted by Crippen LogP contribution is -1.89. The number of pyridine rings is 1. The molecule has 0 aliphatic rings. The van der Waals surface area contributed by atoms with Gasteiger partial charge in [-0.1, -0.05) is 12.1 Å². The van der Waals surface area contributed by atoms with E-state index in [0.717, 1.165) is 0 Å². The Labute approximate surface area is 115 Å². The van der Waals surface area contributed by atoms with Crippen molar-refractivity contribution in [3.63, 3.8) is 0 Å². The van der Waals surface area contributed by atoms with E-state index in [0.29, 0.717) is 22.3 Å². The highest BCUT2D eigenvalue weighted by atomic mass is 19.1. The van der Waals surface area contributed by atoms with Crippen LogP contribution in [0.1, 0.15) is 0 Å². The minimum Gasteiger partial charge on any atom is -0.505 e. The minimum absolute atomic E-state index is 0.0211. The molecule has 0 aliphatic carbocycles. The van der Waals surface area contributed by atoms with Gasteiger partial charge in [0.25, 0.3) is 0 Å². The van der Waals surface area contributed by atoms with Crippen LogP contribution >= 0.6 is 0 Å². The van der Waals surface area contributed by atoms with Crippen molar-refractivity contribution < 1.29 is 14.2 Å². The molecule has 1 aromatic heterocycles. The fourth-order valence-corrected chi connectivity index (χ4v) is 2.18. The van der Waals surface area contributed by atoms with E-state index in [9.17, 15) is 9.50 Å². The normalized spacial score (nSPS) is 10.7. The fourth-order valence-electron chi connectivity index (χ4n) is 2.18. The Hall–Kier alpha value is -2.62. The molecular weight excluding hydrogens is 257 g/mol. The molecule has 0 aliphatic heterocycles. The van der Waals surface area contributed by atoms with Gasteiger partial charge in [0.2, 0.25) is 0 Å². The second-order valence-electron chi connectivity index (χ2n) is 4.38. The molecule has 0 unspecified atom stereocenters. The van der Waals surface area contributed by atoms with Gasteiger partial charge in [0.05, 0.1) is 7.11 Å². The van der Waals surface area contributed by atoms with Gasteiger partial charge >= 0.3 is 0 Å². The smallest absolute Gasteiger partial charge is 0.149 e. The second-order valence-corrected chi connectivity index (χ2v) is 4.38. The third kappa shape index (κ3) is 1.95. The number of nitrogens with zero attached hydrogens (tertiary/aromatic N) is 1. The molecule has 0 saturated heterocycles. The summed E-state index contributed by atoms with van der Waals surface area (Å²) < 4.78 is 19.2. The van der Waals surface area contributed by atoms with Crippen molar-refractivity contribution in [3.05, 3.63) is 54.5 Å². The first kappa shape index (κ1) is 12.4. The summed E-state index contributed by atoms with van der Waals surface area (Å²) in [6.07, 6.45) is 1.53. The van der Waals surface area contributed by atoms with Crippen molar-refractivity contribution in [3.8, 4) is 22.6 Å². The summed E-state index contributed by atoms with van der Waals surface area (Å²) in [6.45, 7) is 0. The third-order valence-electron chi connectivity index (χ3n) is 3.22. The molecule has 4 heteroatoms. The lowest BCUT2D eigenvalue weighted by molar-refractivity contribution is 0.415. The summed E-state index contributed by atoms with van der Waals surface area (Å²) in [5, 5.41) is 10.6. The van der Waals surface area contributed by atoms with Gasteiger partial charge in [0, 0.05) is 17.1 Å². The number of phenolic OH excluding ortho intramolecular Hbond substituents is 1. The topological polar surface area (TPSA) is 42.4 Å². The highest BCUT2D eigenvalue weighted by Crippen LogP contribution is 2.36. The maximum Gasteiger partial charge on any atom is 0.149 e. The highest BCUT2D eigenvalue weighted by Gasteiger charge is 2.13. The number of rotatable bonds is 2. The monoisotopic (exact) mass is 269 g/mol. The van der Waals surface area contributed by atoms with Crippen molar-refractivity contribution in [2.45, 2.75) is 0 Å². The molecule has 0 saturated carbocycles. The van der Waals surface area contributed by atoms with Crippen molar-refractivity contribution in [1.82, 2.24) is 4.98 Å². The Balaban J connectivity index is 2.22. The molecule has 3 nitrogen and oxygen atoms in total. The van der Waals surface area contributed by atoms with E-state index in [2.05, 4.69) is 4.98 Å².